The molecule has 1 saturated heterocycles. The van der Waals surface area contributed by atoms with Crippen LogP contribution in [0.25, 0.3) is 0 Å². The average Bonchev–Trinajstić information content (AvgIpc) is 3.16. The second kappa shape index (κ2) is 7.20. The summed E-state index contributed by atoms with van der Waals surface area (Å²) in [4.78, 5) is 3.54. The lowest BCUT2D eigenvalue weighted by Crippen LogP contribution is -2.43. The van der Waals surface area contributed by atoms with Crippen LogP contribution in [0.4, 0.5) is 4.39 Å². The number of hydrogen-bond acceptors (Lipinski definition) is 2. The summed E-state index contributed by atoms with van der Waals surface area (Å²) >= 11 is 7.28. The summed E-state index contributed by atoms with van der Waals surface area (Å²) in [5.41, 5.74) is 1.04. The molecule has 0 spiro atoms. The molecule has 1 unspecified atom stereocenters. The maximum atomic E-state index is 13.3. The van der Waals surface area contributed by atoms with Crippen LogP contribution in [0.15, 0.2) is 41.8 Å². The van der Waals surface area contributed by atoms with Crippen molar-refractivity contribution < 1.29 is 4.39 Å². The van der Waals surface area contributed by atoms with Crippen LogP contribution in [-0.4, -0.2) is 22.6 Å². The van der Waals surface area contributed by atoms with Crippen LogP contribution < -0.4 is 5.32 Å². The van der Waals surface area contributed by atoms with Gasteiger partial charge in [-0.15, -0.1) is 11.3 Å². The molecular weight excluding hydrogens is 315 g/mol. The van der Waals surface area contributed by atoms with Gasteiger partial charge in [-0.2, -0.15) is 0 Å². The van der Waals surface area contributed by atoms with Gasteiger partial charge in [0.1, 0.15) is 5.82 Å². The summed E-state index contributed by atoms with van der Waals surface area (Å²) in [7, 11) is 0. The monoisotopic (exact) mass is 334 g/mol. The first-order chi connectivity index (χ1) is 10.7. The zero-order valence-electron chi connectivity index (χ0n) is 12.3. The average molecular weight is 334 g/mol. The van der Waals surface area contributed by atoms with Gasteiger partial charge in [0.25, 0.3) is 0 Å². The van der Waals surface area contributed by atoms with Gasteiger partial charge in [-0.25, -0.2) is 4.39 Å². The van der Waals surface area contributed by atoms with Crippen molar-refractivity contribution in [2.45, 2.75) is 31.8 Å². The predicted octanol–water partition coefficient (Wildman–Crippen LogP) is 3.97. The minimum Gasteiger partial charge on any atom is -0.358 e. The number of likely N-dealkylation sites (tertiary alicyclic amines) is 1. The maximum Gasteiger partial charge on any atom is 0.169 e. The summed E-state index contributed by atoms with van der Waals surface area (Å²) in [5, 5.41) is 6.23. The Hall–Kier alpha value is -1.46. The molecule has 2 heterocycles. The second-order valence-electron chi connectivity index (χ2n) is 5.56. The number of hydrogen-bond donors (Lipinski definition) is 1. The molecule has 116 valence electrons. The summed E-state index contributed by atoms with van der Waals surface area (Å²) in [6.07, 6.45) is 3.09. The van der Waals surface area contributed by atoms with Crippen LogP contribution >= 0.6 is 23.6 Å². The molecular formula is C17H19FN2S2. The Labute approximate surface area is 140 Å². The van der Waals surface area contributed by atoms with Crippen LogP contribution in [0.1, 0.15) is 23.3 Å². The van der Waals surface area contributed by atoms with Crippen LogP contribution in [0.2, 0.25) is 0 Å². The van der Waals surface area contributed by atoms with E-state index in [-0.39, 0.29) is 5.82 Å². The van der Waals surface area contributed by atoms with Crippen molar-refractivity contribution in [2.24, 2.45) is 0 Å². The largest absolute Gasteiger partial charge is 0.358 e. The van der Waals surface area contributed by atoms with E-state index in [4.69, 9.17) is 12.2 Å². The number of benzene rings is 1. The molecule has 0 radical (unpaired) electrons. The van der Waals surface area contributed by atoms with Crippen molar-refractivity contribution in [3.8, 4) is 0 Å². The lowest BCUT2D eigenvalue weighted by molar-refractivity contribution is 0.380. The third-order valence-corrected chi connectivity index (χ3v) is 5.25. The van der Waals surface area contributed by atoms with Crippen molar-refractivity contribution in [1.29, 1.82) is 0 Å². The summed E-state index contributed by atoms with van der Waals surface area (Å²) < 4.78 is 13.3. The maximum absolute atomic E-state index is 13.3. The molecule has 3 rings (SSSR count). The smallest absolute Gasteiger partial charge is 0.169 e. The molecule has 0 aliphatic carbocycles. The van der Waals surface area contributed by atoms with E-state index in [1.807, 2.05) is 12.1 Å². The highest BCUT2D eigenvalue weighted by molar-refractivity contribution is 7.80. The van der Waals surface area contributed by atoms with Crippen molar-refractivity contribution >= 4 is 28.7 Å². The molecule has 1 fully saturated rings. The lowest BCUT2D eigenvalue weighted by atomic mass is 10.0. The summed E-state index contributed by atoms with van der Waals surface area (Å²) in [6.45, 7) is 1.76. The Morgan fingerprint density at radius 3 is 3.05 bits per heavy atom. The number of thiophene rings is 1. The number of rotatable bonds is 4. The highest BCUT2D eigenvalue weighted by Gasteiger charge is 2.26. The van der Waals surface area contributed by atoms with E-state index in [0.29, 0.717) is 6.04 Å². The molecule has 0 saturated carbocycles. The van der Waals surface area contributed by atoms with Gasteiger partial charge in [0.2, 0.25) is 0 Å². The molecule has 5 heteroatoms. The van der Waals surface area contributed by atoms with Gasteiger partial charge in [0.05, 0.1) is 6.54 Å². The van der Waals surface area contributed by atoms with E-state index in [1.54, 1.807) is 23.5 Å². The second-order valence-corrected chi connectivity index (χ2v) is 6.98. The van der Waals surface area contributed by atoms with E-state index >= 15 is 0 Å². The molecule has 1 aliphatic heterocycles. The third kappa shape index (κ3) is 3.84. The molecule has 1 aromatic heterocycles. The van der Waals surface area contributed by atoms with E-state index < -0.39 is 0 Å². The Bertz CT molecular complexity index is 627. The fraction of sp³-hybridized carbons (Fsp3) is 0.353. The highest BCUT2D eigenvalue weighted by atomic mass is 32.1. The van der Waals surface area contributed by atoms with E-state index in [9.17, 15) is 4.39 Å². The molecule has 22 heavy (non-hydrogen) atoms. The van der Waals surface area contributed by atoms with Crippen LogP contribution in [0.5, 0.6) is 0 Å². The molecule has 2 nitrogen and oxygen atoms in total. The van der Waals surface area contributed by atoms with Gasteiger partial charge < -0.3 is 10.2 Å². The third-order valence-electron chi connectivity index (χ3n) is 3.99. The Balaban J connectivity index is 1.58. The first-order valence-corrected chi connectivity index (χ1v) is 8.82. The normalized spacial score (nSPS) is 17.7. The summed E-state index contributed by atoms with van der Waals surface area (Å²) in [6, 6.07) is 11.4. The van der Waals surface area contributed by atoms with E-state index in [1.165, 1.54) is 10.9 Å². The Kier molecular flexibility index (Phi) is 5.05. The van der Waals surface area contributed by atoms with Crippen molar-refractivity contribution in [1.82, 2.24) is 10.2 Å². The standard InChI is InChI=1S/C17H19FN2S2/c18-14-5-1-4-13(10-14)11-15-6-2-8-20(15)17(21)19-12-16-7-3-9-22-16/h1,3-5,7,9-10,15H,2,6,8,11-12H2,(H,19,21). The van der Waals surface area contributed by atoms with E-state index in [0.717, 1.165) is 43.0 Å². The first kappa shape index (κ1) is 15.4. The van der Waals surface area contributed by atoms with Crippen molar-refractivity contribution in [2.75, 3.05) is 6.54 Å². The molecule has 1 N–H and O–H groups in total. The van der Waals surface area contributed by atoms with Gasteiger partial charge in [-0.3, -0.25) is 0 Å². The molecule has 1 aliphatic rings. The number of thiocarbonyl (C=S) groups is 1. The first-order valence-electron chi connectivity index (χ1n) is 7.53. The summed E-state index contributed by atoms with van der Waals surface area (Å²) in [5.74, 6) is -0.166. The van der Waals surface area contributed by atoms with Gasteiger partial charge in [-0.1, -0.05) is 18.2 Å². The molecule has 2 aromatic rings. The SMILES string of the molecule is Fc1cccc(CC2CCCN2C(=S)NCc2cccs2)c1. The zero-order chi connectivity index (χ0) is 15.4. The minimum atomic E-state index is -0.166. The number of nitrogens with one attached hydrogen (secondary N) is 1. The quantitative estimate of drug-likeness (QED) is 0.852. The van der Waals surface area contributed by atoms with Gasteiger partial charge >= 0.3 is 0 Å². The minimum absolute atomic E-state index is 0.166. The lowest BCUT2D eigenvalue weighted by Gasteiger charge is -2.27. The Morgan fingerprint density at radius 2 is 2.27 bits per heavy atom. The molecule has 0 amide bonds. The van der Waals surface area contributed by atoms with Crippen LogP contribution in [0, 0.1) is 5.82 Å². The zero-order valence-corrected chi connectivity index (χ0v) is 13.9. The van der Waals surface area contributed by atoms with Gasteiger partial charge in [-0.05, 0) is 60.6 Å². The fourth-order valence-electron chi connectivity index (χ4n) is 2.93. The topological polar surface area (TPSA) is 15.3 Å². The van der Waals surface area contributed by atoms with Gasteiger partial charge in [0.15, 0.2) is 5.11 Å². The fourth-order valence-corrected chi connectivity index (χ4v) is 3.89. The van der Waals surface area contributed by atoms with Crippen molar-refractivity contribution in [3.05, 3.63) is 58.0 Å². The number of nitrogens with zero attached hydrogens (tertiary/aromatic N) is 1. The number of halogens is 1. The highest BCUT2D eigenvalue weighted by Crippen LogP contribution is 2.22. The molecule has 0 bridgehead atoms. The van der Waals surface area contributed by atoms with E-state index in [2.05, 4.69) is 21.7 Å². The Morgan fingerprint density at radius 1 is 1.36 bits per heavy atom. The van der Waals surface area contributed by atoms with Crippen molar-refractivity contribution in [3.63, 3.8) is 0 Å². The predicted molar refractivity (Wildman–Crippen MR) is 93.6 cm³/mol. The molecule has 1 atom stereocenters. The van der Waals surface area contributed by atoms with Crippen LogP contribution in [-0.2, 0) is 13.0 Å². The molecule has 1 aromatic carbocycles. The van der Waals surface area contributed by atoms with Crippen LogP contribution in [0.3, 0.4) is 0 Å². The van der Waals surface area contributed by atoms with Gasteiger partial charge in [0, 0.05) is 17.5 Å².